The van der Waals surface area contributed by atoms with Gasteiger partial charge in [-0.05, 0) is 36.4 Å². The Morgan fingerprint density at radius 3 is 2.67 bits per heavy atom. The van der Waals surface area contributed by atoms with Crippen molar-refractivity contribution in [1.82, 2.24) is 9.88 Å². The molecule has 1 amide bonds. The van der Waals surface area contributed by atoms with Crippen molar-refractivity contribution in [3.63, 3.8) is 0 Å². The molecule has 27 heavy (non-hydrogen) atoms. The number of carbonyl (C=O) groups excluding carboxylic acids is 1. The van der Waals surface area contributed by atoms with Gasteiger partial charge in [0.1, 0.15) is 11.6 Å². The number of aromatic nitrogens is 1. The molecule has 0 saturated carbocycles. The first-order valence-electron chi connectivity index (χ1n) is 8.87. The fraction of sp³-hybridized carbons (Fsp3) is 0.368. The van der Waals surface area contributed by atoms with E-state index in [0.29, 0.717) is 16.6 Å². The van der Waals surface area contributed by atoms with E-state index in [9.17, 15) is 4.79 Å². The number of amides is 1. The van der Waals surface area contributed by atoms with Gasteiger partial charge in [-0.15, -0.1) is 0 Å². The maximum atomic E-state index is 12.0. The first-order chi connectivity index (χ1) is 13.2. The third-order valence-corrected chi connectivity index (χ3v) is 4.33. The highest BCUT2D eigenvalue weighted by molar-refractivity contribution is 6.30. The number of carbonyl (C=O) groups is 1. The fourth-order valence-electron chi connectivity index (χ4n) is 2.61. The Labute approximate surface area is 163 Å². The molecule has 0 bridgehead atoms. The van der Waals surface area contributed by atoms with Gasteiger partial charge in [-0.2, -0.15) is 0 Å². The second kappa shape index (κ2) is 10.1. The van der Waals surface area contributed by atoms with Gasteiger partial charge in [-0.25, -0.2) is 4.98 Å². The average Bonchev–Trinajstić information content (AvgIpc) is 2.70. The van der Waals surface area contributed by atoms with Crippen LogP contribution in [0.5, 0.6) is 5.75 Å². The molecule has 1 saturated heterocycles. The van der Waals surface area contributed by atoms with Crippen LogP contribution in [-0.2, 0) is 9.53 Å². The van der Waals surface area contributed by atoms with E-state index in [1.54, 1.807) is 36.5 Å². The number of anilines is 2. The number of ether oxygens (including phenoxy) is 2. The Balaban J connectivity index is 1.37. The molecule has 2 heterocycles. The van der Waals surface area contributed by atoms with E-state index in [-0.39, 0.29) is 12.5 Å². The Kier molecular flexibility index (Phi) is 7.27. The maximum absolute atomic E-state index is 12.0. The molecular formula is C19H23ClN4O3. The number of nitrogens with zero attached hydrogens (tertiary/aromatic N) is 2. The van der Waals surface area contributed by atoms with Crippen molar-refractivity contribution in [3.05, 3.63) is 47.6 Å². The molecule has 144 valence electrons. The number of hydrogen-bond donors (Lipinski definition) is 2. The minimum Gasteiger partial charge on any atom is -0.484 e. The van der Waals surface area contributed by atoms with E-state index in [1.165, 1.54) is 0 Å². The number of benzene rings is 1. The number of nitrogens with one attached hydrogen (secondary N) is 2. The largest absolute Gasteiger partial charge is 0.484 e. The maximum Gasteiger partial charge on any atom is 0.263 e. The molecule has 1 aromatic carbocycles. The summed E-state index contributed by atoms with van der Waals surface area (Å²) >= 11 is 5.81. The van der Waals surface area contributed by atoms with Crippen molar-refractivity contribution in [2.24, 2.45) is 0 Å². The number of morpholine rings is 1. The van der Waals surface area contributed by atoms with Crippen LogP contribution in [-0.4, -0.2) is 61.8 Å². The van der Waals surface area contributed by atoms with Crippen molar-refractivity contribution in [2.45, 2.75) is 0 Å². The second-order valence-corrected chi connectivity index (χ2v) is 6.54. The highest BCUT2D eigenvalue weighted by atomic mass is 35.5. The second-order valence-electron chi connectivity index (χ2n) is 6.10. The summed E-state index contributed by atoms with van der Waals surface area (Å²) < 4.78 is 10.7. The molecule has 2 aromatic rings. The van der Waals surface area contributed by atoms with E-state index < -0.39 is 0 Å². The van der Waals surface area contributed by atoms with Crippen LogP contribution in [0.4, 0.5) is 11.5 Å². The summed E-state index contributed by atoms with van der Waals surface area (Å²) in [7, 11) is 0. The average molecular weight is 391 g/mol. The van der Waals surface area contributed by atoms with Crippen molar-refractivity contribution < 1.29 is 14.3 Å². The Hall–Kier alpha value is -2.35. The standard InChI is InChI=1S/C19H23ClN4O3/c20-15-1-4-17(5-2-15)27-14-19(25)23-18-6-3-16(13-22-18)21-7-8-24-9-11-26-12-10-24/h1-6,13,21H,7-12,14H2,(H,22,23,25). The summed E-state index contributed by atoms with van der Waals surface area (Å²) in [6, 6.07) is 10.5. The normalized spacial score (nSPS) is 14.6. The molecular weight excluding hydrogens is 368 g/mol. The first-order valence-corrected chi connectivity index (χ1v) is 9.25. The van der Waals surface area contributed by atoms with Crippen molar-refractivity contribution in [3.8, 4) is 5.75 Å². The van der Waals surface area contributed by atoms with Crippen LogP contribution in [0.2, 0.25) is 5.02 Å². The van der Waals surface area contributed by atoms with Crippen LogP contribution < -0.4 is 15.4 Å². The third-order valence-electron chi connectivity index (χ3n) is 4.08. The molecule has 7 nitrogen and oxygen atoms in total. The number of halogens is 1. The lowest BCUT2D eigenvalue weighted by Gasteiger charge is -2.26. The van der Waals surface area contributed by atoms with Crippen LogP contribution in [0.25, 0.3) is 0 Å². The molecule has 0 radical (unpaired) electrons. The Bertz CT molecular complexity index is 719. The van der Waals surface area contributed by atoms with E-state index in [1.807, 2.05) is 6.07 Å². The molecule has 0 aliphatic carbocycles. The molecule has 1 aromatic heterocycles. The van der Waals surface area contributed by atoms with Crippen molar-refractivity contribution >= 4 is 29.0 Å². The summed E-state index contributed by atoms with van der Waals surface area (Å²) in [5, 5.41) is 6.66. The summed E-state index contributed by atoms with van der Waals surface area (Å²) in [4.78, 5) is 18.6. The van der Waals surface area contributed by atoms with Gasteiger partial charge in [0.25, 0.3) is 5.91 Å². The van der Waals surface area contributed by atoms with Crippen molar-refractivity contribution in [2.75, 3.05) is 56.6 Å². The third kappa shape index (κ3) is 6.71. The zero-order valence-electron chi connectivity index (χ0n) is 15.0. The highest BCUT2D eigenvalue weighted by Crippen LogP contribution is 2.15. The van der Waals surface area contributed by atoms with E-state index >= 15 is 0 Å². The zero-order chi connectivity index (χ0) is 18.9. The lowest BCUT2D eigenvalue weighted by atomic mass is 10.3. The zero-order valence-corrected chi connectivity index (χ0v) is 15.7. The van der Waals surface area contributed by atoms with Crippen LogP contribution in [0.15, 0.2) is 42.6 Å². The molecule has 1 fully saturated rings. The summed E-state index contributed by atoms with van der Waals surface area (Å²) in [5.74, 6) is 0.797. The Morgan fingerprint density at radius 2 is 1.96 bits per heavy atom. The molecule has 0 unspecified atom stereocenters. The van der Waals surface area contributed by atoms with Crippen LogP contribution in [0.1, 0.15) is 0 Å². The van der Waals surface area contributed by atoms with E-state index in [4.69, 9.17) is 21.1 Å². The molecule has 3 rings (SSSR count). The summed E-state index contributed by atoms with van der Waals surface area (Å²) in [6.45, 7) is 5.26. The van der Waals surface area contributed by atoms with Crippen LogP contribution in [0.3, 0.4) is 0 Å². The van der Waals surface area contributed by atoms with Gasteiger partial charge < -0.3 is 20.1 Å². The smallest absolute Gasteiger partial charge is 0.263 e. The predicted molar refractivity (Wildman–Crippen MR) is 106 cm³/mol. The van der Waals surface area contributed by atoms with Crippen molar-refractivity contribution in [1.29, 1.82) is 0 Å². The lowest BCUT2D eigenvalue weighted by Crippen LogP contribution is -2.39. The topological polar surface area (TPSA) is 75.7 Å². The number of rotatable bonds is 8. The first kappa shape index (κ1) is 19.4. The molecule has 2 N–H and O–H groups in total. The minimum atomic E-state index is -0.273. The van der Waals surface area contributed by atoms with Gasteiger partial charge >= 0.3 is 0 Å². The van der Waals surface area contributed by atoms with Gasteiger partial charge in [-0.3, -0.25) is 9.69 Å². The van der Waals surface area contributed by atoms with Gasteiger partial charge in [0.05, 0.1) is 25.1 Å². The molecule has 1 aliphatic rings. The number of pyridine rings is 1. The van der Waals surface area contributed by atoms with E-state index in [2.05, 4.69) is 20.5 Å². The van der Waals surface area contributed by atoms with Crippen LogP contribution in [0, 0.1) is 0 Å². The molecule has 0 spiro atoms. The monoisotopic (exact) mass is 390 g/mol. The summed E-state index contributed by atoms with van der Waals surface area (Å²) in [5.41, 5.74) is 0.915. The predicted octanol–water partition coefficient (Wildman–Crippen LogP) is 2.50. The summed E-state index contributed by atoms with van der Waals surface area (Å²) in [6.07, 6.45) is 1.70. The fourth-order valence-corrected chi connectivity index (χ4v) is 2.74. The SMILES string of the molecule is O=C(COc1ccc(Cl)cc1)Nc1ccc(NCCN2CCOCC2)cn1. The quantitative estimate of drug-likeness (QED) is 0.721. The van der Waals surface area contributed by atoms with Gasteiger partial charge in [-0.1, -0.05) is 11.6 Å². The highest BCUT2D eigenvalue weighted by Gasteiger charge is 2.09. The van der Waals surface area contributed by atoms with Gasteiger partial charge in [0.15, 0.2) is 6.61 Å². The van der Waals surface area contributed by atoms with Crippen LogP contribution >= 0.6 is 11.6 Å². The molecule has 1 aliphatic heterocycles. The Morgan fingerprint density at radius 1 is 1.19 bits per heavy atom. The lowest BCUT2D eigenvalue weighted by molar-refractivity contribution is -0.118. The number of hydrogen-bond acceptors (Lipinski definition) is 6. The van der Waals surface area contributed by atoms with Gasteiger partial charge in [0.2, 0.25) is 0 Å². The van der Waals surface area contributed by atoms with E-state index in [0.717, 1.165) is 45.1 Å². The van der Waals surface area contributed by atoms with Gasteiger partial charge in [0, 0.05) is 31.2 Å². The minimum absolute atomic E-state index is 0.0944. The molecule has 0 atom stereocenters. The molecule has 8 heteroatoms.